The molecule has 4 rings (SSSR count). The van der Waals surface area contributed by atoms with E-state index >= 15 is 0 Å². The van der Waals surface area contributed by atoms with Gasteiger partial charge in [-0.25, -0.2) is 4.79 Å². The molecule has 0 bridgehead atoms. The average molecular weight is 354 g/mol. The number of carboxylic acids is 1. The van der Waals surface area contributed by atoms with Crippen molar-refractivity contribution < 1.29 is 9.90 Å². The number of nitrogens with zero attached hydrogens (tertiary/aromatic N) is 2. The van der Waals surface area contributed by atoms with Crippen molar-refractivity contribution in [1.29, 1.82) is 0 Å². The lowest BCUT2D eigenvalue weighted by molar-refractivity contribution is 0.0685. The third kappa shape index (κ3) is 3.37. The first-order valence-corrected chi connectivity index (χ1v) is 8.73. The number of aromatic nitrogens is 2. The van der Waals surface area contributed by atoms with Crippen LogP contribution in [-0.4, -0.2) is 20.9 Å². The average Bonchev–Trinajstić information content (AvgIpc) is 3.09. The van der Waals surface area contributed by atoms with Crippen molar-refractivity contribution in [3.63, 3.8) is 0 Å². The zero-order chi connectivity index (χ0) is 18.6. The van der Waals surface area contributed by atoms with Crippen LogP contribution in [0.2, 0.25) is 0 Å². The Labute approximate surface area is 157 Å². The van der Waals surface area contributed by atoms with Crippen LogP contribution < -0.4 is 0 Å². The quantitative estimate of drug-likeness (QED) is 0.551. The van der Waals surface area contributed by atoms with Crippen LogP contribution in [0.15, 0.2) is 91.0 Å². The highest BCUT2D eigenvalue weighted by Gasteiger charge is 2.25. The van der Waals surface area contributed by atoms with Crippen LogP contribution in [0.4, 0.5) is 0 Å². The van der Waals surface area contributed by atoms with Gasteiger partial charge in [0.25, 0.3) is 0 Å². The van der Waals surface area contributed by atoms with Crippen molar-refractivity contribution in [2.24, 2.45) is 0 Å². The molecule has 0 aliphatic rings. The molecule has 0 fully saturated rings. The van der Waals surface area contributed by atoms with Gasteiger partial charge < -0.3 is 5.11 Å². The Balaban J connectivity index is 1.95. The molecule has 0 unspecified atom stereocenters. The number of hydrogen-bond donors (Lipinski definition) is 1. The van der Waals surface area contributed by atoms with Crippen molar-refractivity contribution in [1.82, 2.24) is 9.78 Å². The summed E-state index contributed by atoms with van der Waals surface area (Å²) in [6, 6.07) is 29.0. The minimum Gasteiger partial charge on any atom is -0.477 e. The Kier molecular flexibility index (Phi) is 4.54. The third-order valence-electron chi connectivity index (χ3n) is 4.44. The molecule has 1 heterocycles. The van der Waals surface area contributed by atoms with Gasteiger partial charge in [-0.05, 0) is 11.1 Å². The molecule has 0 spiro atoms. The summed E-state index contributed by atoms with van der Waals surface area (Å²) < 4.78 is 1.59. The maximum atomic E-state index is 12.2. The Hall–Kier alpha value is -3.66. The van der Waals surface area contributed by atoms with Gasteiger partial charge in [0.05, 0.1) is 6.54 Å². The van der Waals surface area contributed by atoms with Crippen LogP contribution in [0.25, 0.3) is 22.4 Å². The summed E-state index contributed by atoms with van der Waals surface area (Å²) in [7, 11) is 0. The summed E-state index contributed by atoms with van der Waals surface area (Å²) >= 11 is 0. The third-order valence-corrected chi connectivity index (χ3v) is 4.44. The Morgan fingerprint density at radius 3 is 1.85 bits per heavy atom. The summed E-state index contributed by atoms with van der Waals surface area (Å²) in [5, 5.41) is 14.7. The molecule has 0 radical (unpaired) electrons. The predicted octanol–water partition coefficient (Wildman–Crippen LogP) is 4.96. The molecule has 27 heavy (non-hydrogen) atoms. The molecule has 0 aliphatic carbocycles. The molecule has 0 aliphatic heterocycles. The maximum Gasteiger partial charge on any atom is 0.354 e. The lowest BCUT2D eigenvalue weighted by atomic mass is 9.99. The second-order valence-electron chi connectivity index (χ2n) is 6.25. The number of benzene rings is 3. The topological polar surface area (TPSA) is 55.1 Å². The van der Waals surface area contributed by atoms with Crippen LogP contribution in [0.1, 0.15) is 16.1 Å². The summed E-state index contributed by atoms with van der Waals surface area (Å²) in [5.74, 6) is -0.987. The monoisotopic (exact) mass is 354 g/mol. The van der Waals surface area contributed by atoms with Crippen LogP contribution in [-0.2, 0) is 6.54 Å². The first-order chi connectivity index (χ1) is 13.2. The van der Waals surface area contributed by atoms with Crippen LogP contribution >= 0.6 is 0 Å². The van der Waals surface area contributed by atoms with Gasteiger partial charge in [-0.2, -0.15) is 5.10 Å². The zero-order valence-corrected chi connectivity index (χ0v) is 14.6. The molecule has 132 valence electrons. The molecular weight excluding hydrogens is 336 g/mol. The highest BCUT2D eigenvalue weighted by atomic mass is 16.4. The van der Waals surface area contributed by atoms with E-state index < -0.39 is 5.97 Å². The van der Waals surface area contributed by atoms with Gasteiger partial charge in [0, 0.05) is 11.1 Å². The van der Waals surface area contributed by atoms with Gasteiger partial charge in [0.1, 0.15) is 5.69 Å². The summed E-state index contributed by atoms with van der Waals surface area (Å²) in [4.78, 5) is 12.2. The van der Waals surface area contributed by atoms with Crippen molar-refractivity contribution in [3.05, 3.63) is 102 Å². The van der Waals surface area contributed by atoms with Crippen LogP contribution in [0, 0.1) is 0 Å². The number of hydrogen-bond acceptors (Lipinski definition) is 2. The molecule has 4 heteroatoms. The SMILES string of the molecule is O=C(O)c1c(-c2ccccc2)c(-c2ccccc2)nn1Cc1ccccc1. The van der Waals surface area contributed by atoms with Crippen molar-refractivity contribution in [2.45, 2.75) is 6.54 Å². The molecule has 1 N–H and O–H groups in total. The summed E-state index contributed by atoms with van der Waals surface area (Å²) in [6.45, 7) is 0.398. The second-order valence-corrected chi connectivity index (χ2v) is 6.25. The molecule has 4 nitrogen and oxygen atoms in total. The second kappa shape index (κ2) is 7.30. The van der Waals surface area contributed by atoms with Crippen LogP contribution in [0.5, 0.6) is 0 Å². The van der Waals surface area contributed by atoms with Crippen LogP contribution in [0.3, 0.4) is 0 Å². The lowest BCUT2D eigenvalue weighted by Crippen LogP contribution is -2.11. The highest BCUT2D eigenvalue weighted by molar-refractivity contribution is 5.99. The van der Waals surface area contributed by atoms with Gasteiger partial charge in [-0.1, -0.05) is 91.0 Å². The Morgan fingerprint density at radius 2 is 1.30 bits per heavy atom. The fourth-order valence-corrected chi connectivity index (χ4v) is 3.23. The van der Waals surface area contributed by atoms with Gasteiger partial charge in [-0.15, -0.1) is 0 Å². The fourth-order valence-electron chi connectivity index (χ4n) is 3.23. The van der Waals surface area contributed by atoms with E-state index in [1.807, 2.05) is 91.0 Å². The van der Waals surface area contributed by atoms with Gasteiger partial charge in [0.15, 0.2) is 5.69 Å². The van der Waals surface area contributed by atoms with Gasteiger partial charge in [-0.3, -0.25) is 4.68 Å². The molecule has 0 saturated heterocycles. The van der Waals surface area contributed by atoms with Crippen molar-refractivity contribution >= 4 is 5.97 Å². The molecule has 0 amide bonds. The smallest absolute Gasteiger partial charge is 0.354 e. The summed E-state index contributed by atoms with van der Waals surface area (Å²) in [6.07, 6.45) is 0. The maximum absolute atomic E-state index is 12.2. The molecule has 0 atom stereocenters. The van der Waals surface area contributed by atoms with E-state index in [9.17, 15) is 9.90 Å². The summed E-state index contributed by atoms with van der Waals surface area (Å²) in [5.41, 5.74) is 4.25. The van der Waals surface area contributed by atoms with Gasteiger partial charge in [0.2, 0.25) is 0 Å². The molecule has 3 aromatic carbocycles. The predicted molar refractivity (Wildman–Crippen MR) is 106 cm³/mol. The lowest BCUT2D eigenvalue weighted by Gasteiger charge is -2.06. The fraction of sp³-hybridized carbons (Fsp3) is 0.0435. The van der Waals surface area contributed by atoms with E-state index in [-0.39, 0.29) is 5.69 Å². The van der Waals surface area contributed by atoms with E-state index in [4.69, 9.17) is 5.10 Å². The normalized spacial score (nSPS) is 10.7. The molecule has 4 aromatic rings. The van der Waals surface area contributed by atoms with Gasteiger partial charge >= 0.3 is 5.97 Å². The Bertz CT molecular complexity index is 1060. The molecule has 1 aromatic heterocycles. The molecular formula is C23H18N2O2. The van der Waals surface area contributed by atoms with E-state index in [1.165, 1.54) is 0 Å². The minimum absolute atomic E-state index is 0.198. The number of aromatic carboxylic acids is 1. The number of rotatable bonds is 5. The zero-order valence-electron chi connectivity index (χ0n) is 14.6. The highest BCUT2D eigenvalue weighted by Crippen LogP contribution is 2.34. The first-order valence-electron chi connectivity index (χ1n) is 8.73. The number of carbonyl (C=O) groups is 1. The standard InChI is InChI=1S/C23H18N2O2/c26-23(27)22-20(18-12-6-2-7-13-18)21(19-14-8-3-9-15-19)24-25(22)16-17-10-4-1-5-11-17/h1-15H,16H2,(H,26,27). The van der Waals surface area contributed by atoms with E-state index in [0.717, 1.165) is 16.7 Å². The number of carboxylic acid groups (broad SMARTS) is 1. The van der Waals surface area contributed by atoms with E-state index in [0.29, 0.717) is 17.8 Å². The minimum atomic E-state index is -0.987. The van der Waals surface area contributed by atoms with E-state index in [1.54, 1.807) is 4.68 Å². The van der Waals surface area contributed by atoms with E-state index in [2.05, 4.69) is 0 Å². The molecule has 0 saturated carbocycles. The first kappa shape index (κ1) is 16.8. The largest absolute Gasteiger partial charge is 0.477 e. The van der Waals surface area contributed by atoms with Crippen molar-refractivity contribution in [3.8, 4) is 22.4 Å². The Morgan fingerprint density at radius 1 is 0.778 bits per heavy atom. The van der Waals surface area contributed by atoms with Crippen molar-refractivity contribution in [2.75, 3.05) is 0 Å².